The van der Waals surface area contributed by atoms with E-state index in [-0.39, 0.29) is 11.3 Å². The van der Waals surface area contributed by atoms with Crippen molar-refractivity contribution < 1.29 is 9.18 Å². The zero-order chi connectivity index (χ0) is 14.0. The van der Waals surface area contributed by atoms with Crippen LogP contribution in [-0.2, 0) is 0 Å². The van der Waals surface area contributed by atoms with Crippen molar-refractivity contribution in [2.75, 3.05) is 11.1 Å². The summed E-state index contributed by atoms with van der Waals surface area (Å²) in [5, 5.41) is 2.31. The van der Waals surface area contributed by atoms with E-state index in [1.807, 2.05) is 0 Å². The summed E-state index contributed by atoms with van der Waals surface area (Å²) in [5.74, 6) is -1.31. The van der Waals surface area contributed by atoms with Gasteiger partial charge in [-0.05, 0) is 25.1 Å². The van der Waals surface area contributed by atoms with Crippen molar-refractivity contribution in [1.29, 1.82) is 0 Å². The number of anilines is 2. The average Bonchev–Trinajstić information content (AvgIpc) is 2.33. The van der Waals surface area contributed by atoms with Gasteiger partial charge >= 0.3 is 0 Å². The largest absolute Gasteiger partial charge is 0.399 e. The van der Waals surface area contributed by atoms with Crippen molar-refractivity contribution in [1.82, 2.24) is 4.98 Å². The normalized spacial score (nSPS) is 10.2. The average molecular weight is 261 g/mol. The number of nitrogens with one attached hydrogen (secondary N) is 2. The Balaban J connectivity index is 2.31. The summed E-state index contributed by atoms with van der Waals surface area (Å²) in [6.45, 7) is 1.70. The number of hydrogen-bond donors (Lipinski definition) is 3. The number of nitrogen functional groups attached to an aromatic ring is 1. The van der Waals surface area contributed by atoms with Crippen molar-refractivity contribution in [3.8, 4) is 0 Å². The number of aryl methyl sites for hydroxylation is 1. The number of hydrogen-bond acceptors (Lipinski definition) is 3. The fraction of sp³-hybridized carbons (Fsp3) is 0.0769. The van der Waals surface area contributed by atoms with Crippen molar-refractivity contribution in [2.45, 2.75) is 6.92 Å². The molecule has 19 heavy (non-hydrogen) atoms. The summed E-state index contributed by atoms with van der Waals surface area (Å²) in [5.41, 5.74) is 5.87. The van der Waals surface area contributed by atoms with Crippen LogP contribution >= 0.6 is 0 Å². The molecule has 1 heterocycles. The Kier molecular flexibility index (Phi) is 3.33. The molecular weight excluding hydrogens is 249 g/mol. The van der Waals surface area contributed by atoms with Gasteiger partial charge in [0.25, 0.3) is 5.91 Å². The van der Waals surface area contributed by atoms with Crippen LogP contribution in [0.25, 0.3) is 0 Å². The molecule has 0 saturated carbocycles. The number of pyridine rings is 1. The van der Waals surface area contributed by atoms with Crippen molar-refractivity contribution >= 4 is 17.3 Å². The van der Waals surface area contributed by atoms with E-state index in [4.69, 9.17) is 5.73 Å². The van der Waals surface area contributed by atoms with Gasteiger partial charge in [0.1, 0.15) is 11.4 Å². The third-order valence-electron chi connectivity index (χ3n) is 2.54. The standard InChI is InChI=1S/C13H12FN3O2/c1-7-4-12(18)9(6-16-7)13(19)17-11-5-8(15)2-3-10(11)14/h2-6H,15H2,1H3,(H,16,18)(H,17,19). The van der Waals surface area contributed by atoms with E-state index in [1.54, 1.807) is 6.92 Å². The van der Waals surface area contributed by atoms with Crippen molar-refractivity contribution in [2.24, 2.45) is 0 Å². The van der Waals surface area contributed by atoms with Crippen LogP contribution in [0.3, 0.4) is 0 Å². The highest BCUT2D eigenvalue weighted by molar-refractivity contribution is 6.04. The molecule has 0 atom stereocenters. The zero-order valence-electron chi connectivity index (χ0n) is 10.2. The molecule has 1 amide bonds. The first-order chi connectivity index (χ1) is 8.97. The molecule has 1 aromatic heterocycles. The van der Waals surface area contributed by atoms with E-state index in [2.05, 4.69) is 10.3 Å². The van der Waals surface area contributed by atoms with Crippen LogP contribution in [0.15, 0.2) is 35.3 Å². The molecule has 2 rings (SSSR count). The fourth-order valence-corrected chi connectivity index (χ4v) is 1.58. The Hall–Kier alpha value is -2.63. The van der Waals surface area contributed by atoms with E-state index in [9.17, 15) is 14.0 Å². The summed E-state index contributed by atoms with van der Waals surface area (Å²) in [7, 11) is 0. The van der Waals surface area contributed by atoms with E-state index in [1.165, 1.54) is 24.4 Å². The number of aromatic amines is 1. The first-order valence-electron chi connectivity index (χ1n) is 5.53. The maximum atomic E-state index is 13.5. The van der Waals surface area contributed by atoms with Gasteiger partial charge in [-0.25, -0.2) is 4.39 Å². The minimum atomic E-state index is -0.689. The van der Waals surface area contributed by atoms with Gasteiger partial charge in [0.05, 0.1) is 5.69 Å². The molecule has 0 spiro atoms. The Morgan fingerprint density at radius 1 is 1.37 bits per heavy atom. The molecule has 0 bridgehead atoms. The van der Waals surface area contributed by atoms with E-state index in [0.29, 0.717) is 11.4 Å². The number of halogens is 1. The molecule has 0 aliphatic heterocycles. The minimum absolute atomic E-state index is 0.0648. The molecular formula is C13H12FN3O2. The molecule has 0 aliphatic carbocycles. The van der Waals surface area contributed by atoms with Crippen LogP contribution in [0.2, 0.25) is 0 Å². The van der Waals surface area contributed by atoms with Gasteiger partial charge in [-0.15, -0.1) is 0 Å². The minimum Gasteiger partial charge on any atom is -0.399 e. The zero-order valence-corrected chi connectivity index (χ0v) is 10.2. The number of benzene rings is 1. The molecule has 4 N–H and O–H groups in total. The first kappa shape index (κ1) is 12.8. The summed E-state index contributed by atoms with van der Waals surface area (Å²) >= 11 is 0. The highest BCUT2D eigenvalue weighted by atomic mass is 19.1. The highest BCUT2D eigenvalue weighted by Gasteiger charge is 2.12. The summed E-state index contributed by atoms with van der Waals surface area (Å²) < 4.78 is 13.5. The summed E-state index contributed by atoms with van der Waals surface area (Å²) in [6.07, 6.45) is 1.29. The number of H-pyrrole nitrogens is 1. The molecule has 0 fully saturated rings. The second-order valence-corrected chi connectivity index (χ2v) is 4.09. The maximum Gasteiger partial charge on any atom is 0.261 e. The smallest absolute Gasteiger partial charge is 0.261 e. The Morgan fingerprint density at radius 2 is 2.11 bits per heavy atom. The Bertz CT molecular complexity index is 695. The lowest BCUT2D eigenvalue weighted by molar-refractivity contribution is 0.102. The molecule has 98 valence electrons. The monoisotopic (exact) mass is 261 g/mol. The number of aromatic nitrogens is 1. The second-order valence-electron chi connectivity index (χ2n) is 4.09. The van der Waals surface area contributed by atoms with Gasteiger partial charge in [-0.2, -0.15) is 0 Å². The quantitative estimate of drug-likeness (QED) is 0.718. The van der Waals surface area contributed by atoms with Gasteiger partial charge in [-0.3, -0.25) is 9.59 Å². The molecule has 0 unspecified atom stereocenters. The topological polar surface area (TPSA) is 88.0 Å². The van der Waals surface area contributed by atoms with Gasteiger partial charge in [0, 0.05) is 23.6 Å². The van der Waals surface area contributed by atoms with E-state index >= 15 is 0 Å². The van der Waals surface area contributed by atoms with E-state index in [0.717, 1.165) is 6.07 Å². The van der Waals surface area contributed by atoms with Crippen LogP contribution < -0.4 is 16.5 Å². The van der Waals surface area contributed by atoms with E-state index < -0.39 is 17.2 Å². The van der Waals surface area contributed by atoms with Crippen LogP contribution in [0.5, 0.6) is 0 Å². The maximum absolute atomic E-state index is 13.5. The van der Waals surface area contributed by atoms with Crippen LogP contribution in [0.4, 0.5) is 15.8 Å². The fourth-order valence-electron chi connectivity index (χ4n) is 1.58. The van der Waals surface area contributed by atoms with Crippen molar-refractivity contribution in [3.05, 3.63) is 57.8 Å². The Morgan fingerprint density at radius 3 is 2.79 bits per heavy atom. The van der Waals surface area contributed by atoms with Crippen LogP contribution in [0, 0.1) is 12.7 Å². The SMILES string of the molecule is Cc1cc(=O)c(C(=O)Nc2cc(N)ccc2F)c[nH]1. The third kappa shape index (κ3) is 2.79. The Labute approximate surface area is 108 Å². The first-order valence-corrected chi connectivity index (χ1v) is 5.53. The van der Waals surface area contributed by atoms with Crippen LogP contribution in [-0.4, -0.2) is 10.9 Å². The van der Waals surface area contributed by atoms with Gasteiger partial charge in [0.15, 0.2) is 5.43 Å². The highest BCUT2D eigenvalue weighted by Crippen LogP contribution is 2.17. The molecule has 0 aliphatic rings. The summed E-state index contributed by atoms with van der Waals surface area (Å²) in [6, 6.07) is 5.11. The number of carbonyl (C=O) groups is 1. The van der Waals surface area contributed by atoms with Crippen molar-refractivity contribution in [3.63, 3.8) is 0 Å². The third-order valence-corrected chi connectivity index (χ3v) is 2.54. The lowest BCUT2D eigenvalue weighted by Gasteiger charge is -2.07. The molecule has 1 aromatic carbocycles. The number of carbonyl (C=O) groups excluding carboxylic acids is 1. The molecule has 0 radical (unpaired) electrons. The lowest BCUT2D eigenvalue weighted by Crippen LogP contribution is -2.22. The van der Waals surface area contributed by atoms with Gasteiger partial charge < -0.3 is 16.0 Å². The number of rotatable bonds is 2. The number of amides is 1. The lowest BCUT2D eigenvalue weighted by atomic mass is 10.2. The molecule has 2 aromatic rings. The summed E-state index contributed by atoms with van der Waals surface area (Å²) in [4.78, 5) is 26.2. The number of nitrogens with two attached hydrogens (primary N) is 1. The molecule has 6 heteroatoms. The van der Waals surface area contributed by atoms with Gasteiger partial charge in [0.2, 0.25) is 0 Å². The predicted molar refractivity (Wildman–Crippen MR) is 70.6 cm³/mol. The van der Waals surface area contributed by atoms with Gasteiger partial charge in [-0.1, -0.05) is 0 Å². The second kappa shape index (κ2) is 4.93. The molecule has 5 nitrogen and oxygen atoms in total. The predicted octanol–water partition coefficient (Wildman–Crippen LogP) is 1.66. The molecule has 0 saturated heterocycles. The van der Waals surface area contributed by atoms with Crippen LogP contribution in [0.1, 0.15) is 16.1 Å².